The second-order valence-electron chi connectivity index (χ2n) is 4.86. The van der Waals surface area contributed by atoms with Crippen LogP contribution in [0.15, 0.2) is 46.6 Å². The van der Waals surface area contributed by atoms with Gasteiger partial charge in [0.15, 0.2) is 0 Å². The average Bonchev–Trinajstić information content (AvgIpc) is 2.46. The third-order valence-electron chi connectivity index (χ3n) is 3.71. The maximum absolute atomic E-state index is 2.34. The van der Waals surface area contributed by atoms with E-state index in [-0.39, 0.29) is 5.41 Å². The molecule has 0 unspecified atom stereocenters. The summed E-state index contributed by atoms with van der Waals surface area (Å²) in [5, 5.41) is 0. The summed E-state index contributed by atoms with van der Waals surface area (Å²) >= 11 is 0. The summed E-state index contributed by atoms with van der Waals surface area (Å²) in [6, 6.07) is 0. The highest BCUT2D eigenvalue weighted by atomic mass is 14.4. The van der Waals surface area contributed by atoms with Gasteiger partial charge in [0.1, 0.15) is 0 Å². The Kier molecular flexibility index (Phi) is 2.46. The van der Waals surface area contributed by atoms with E-state index in [0.717, 1.165) is 0 Å². The number of rotatable bonds is 0. The van der Waals surface area contributed by atoms with Gasteiger partial charge in [-0.2, -0.15) is 0 Å². The van der Waals surface area contributed by atoms with Gasteiger partial charge in [-0.15, -0.1) is 0 Å². The van der Waals surface area contributed by atoms with Crippen LogP contribution < -0.4 is 0 Å². The first kappa shape index (κ1) is 10.5. The van der Waals surface area contributed by atoms with E-state index < -0.39 is 0 Å². The standard InChI is InChI=1S/C15H20/c1-5-11-12-9-7-8-10-14(12)15(3,4)13(11)6-2/h5-6,8,10H,7,9H2,1-4H3. The van der Waals surface area contributed by atoms with E-state index in [2.05, 4.69) is 52.0 Å². The van der Waals surface area contributed by atoms with Crippen LogP contribution in [0.25, 0.3) is 0 Å². The number of allylic oxidation sites excluding steroid dienone is 8. The predicted molar refractivity (Wildman–Crippen MR) is 66.7 cm³/mol. The molecule has 0 aliphatic heterocycles. The van der Waals surface area contributed by atoms with Gasteiger partial charge in [0.25, 0.3) is 0 Å². The monoisotopic (exact) mass is 200 g/mol. The van der Waals surface area contributed by atoms with Crippen molar-refractivity contribution in [3.63, 3.8) is 0 Å². The molecule has 0 atom stereocenters. The molecule has 0 saturated heterocycles. The molecule has 0 N–H and O–H groups in total. The Morgan fingerprint density at radius 3 is 2.53 bits per heavy atom. The topological polar surface area (TPSA) is 0 Å². The van der Waals surface area contributed by atoms with Crippen LogP contribution in [0.5, 0.6) is 0 Å². The zero-order chi connectivity index (χ0) is 11.1. The van der Waals surface area contributed by atoms with E-state index in [1.54, 1.807) is 5.57 Å². The molecule has 0 amide bonds. The van der Waals surface area contributed by atoms with Gasteiger partial charge in [0.2, 0.25) is 0 Å². The second-order valence-corrected chi connectivity index (χ2v) is 4.86. The number of hydrogen-bond donors (Lipinski definition) is 0. The molecule has 0 aromatic rings. The molecule has 0 radical (unpaired) electrons. The molecule has 15 heavy (non-hydrogen) atoms. The highest BCUT2D eigenvalue weighted by Crippen LogP contribution is 2.52. The molecule has 0 aromatic carbocycles. The van der Waals surface area contributed by atoms with E-state index in [4.69, 9.17) is 0 Å². The summed E-state index contributed by atoms with van der Waals surface area (Å²) in [6.45, 7) is 8.99. The van der Waals surface area contributed by atoms with Gasteiger partial charge in [0, 0.05) is 5.41 Å². The largest absolute Gasteiger partial charge is 0.0839 e. The van der Waals surface area contributed by atoms with Crippen LogP contribution >= 0.6 is 0 Å². The van der Waals surface area contributed by atoms with Gasteiger partial charge < -0.3 is 0 Å². The summed E-state index contributed by atoms with van der Waals surface area (Å²) in [4.78, 5) is 0. The minimum absolute atomic E-state index is 0.211. The Morgan fingerprint density at radius 1 is 1.20 bits per heavy atom. The van der Waals surface area contributed by atoms with Crippen LogP contribution in [-0.2, 0) is 0 Å². The Balaban J connectivity index is 2.63. The van der Waals surface area contributed by atoms with Crippen LogP contribution in [-0.4, -0.2) is 0 Å². The fourth-order valence-electron chi connectivity index (χ4n) is 3.02. The van der Waals surface area contributed by atoms with Gasteiger partial charge in [0.05, 0.1) is 0 Å². The predicted octanol–water partition coefficient (Wildman–Crippen LogP) is 4.57. The maximum atomic E-state index is 2.34. The highest BCUT2D eigenvalue weighted by molar-refractivity contribution is 5.64. The normalized spacial score (nSPS) is 29.1. The second kappa shape index (κ2) is 3.52. The zero-order valence-electron chi connectivity index (χ0n) is 10.2. The van der Waals surface area contributed by atoms with Crippen molar-refractivity contribution in [1.82, 2.24) is 0 Å². The fraction of sp³-hybridized carbons (Fsp3) is 0.467. The maximum Gasteiger partial charge on any atom is 0.0152 e. The molecule has 0 heteroatoms. The molecule has 0 aromatic heterocycles. The molecule has 2 aliphatic carbocycles. The van der Waals surface area contributed by atoms with Gasteiger partial charge in [-0.3, -0.25) is 0 Å². The third kappa shape index (κ3) is 1.35. The van der Waals surface area contributed by atoms with E-state index in [9.17, 15) is 0 Å². The fourth-order valence-corrected chi connectivity index (χ4v) is 3.02. The van der Waals surface area contributed by atoms with Crippen molar-refractivity contribution in [3.8, 4) is 0 Å². The summed E-state index contributed by atoms with van der Waals surface area (Å²) in [6.07, 6.45) is 11.6. The van der Waals surface area contributed by atoms with Crippen molar-refractivity contribution >= 4 is 0 Å². The van der Waals surface area contributed by atoms with Crippen LogP contribution in [0.1, 0.15) is 40.5 Å². The van der Waals surface area contributed by atoms with Crippen molar-refractivity contribution < 1.29 is 0 Å². The lowest BCUT2D eigenvalue weighted by Crippen LogP contribution is -2.12. The zero-order valence-corrected chi connectivity index (χ0v) is 10.2. The lowest BCUT2D eigenvalue weighted by Gasteiger charge is -2.24. The number of hydrogen-bond acceptors (Lipinski definition) is 0. The van der Waals surface area contributed by atoms with E-state index in [1.807, 2.05) is 0 Å². The molecule has 80 valence electrons. The summed E-state index contributed by atoms with van der Waals surface area (Å²) in [5.74, 6) is 0. The van der Waals surface area contributed by atoms with Crippen molar-refractivity contribution in [3.05, 3.63) is 46.6 Å². The Morgan fingerprint density at radius 2 is 1.93 bits per heavy atom. The van der Waals surface area contributed by atoms with Crippen LogP contribution in [0, 0.1) is 5.41 Å². The molecule has 0 heterocycles. The summed E-state index contributed by atoms with van der Waals surface area (Å²) in [7, 11) is 0. The Hall–Kier alpha value is -1.04. The van der Waals surface area contributed by atoms with Crippen molar-refractivity contribution in [2.45, 2.75) is 40.5 Å². The van der Waals surface area contributed by atoms with Crippen LogP contribution in [0.3, 0.4) is 0 Å². The van der Waals surface area contributed by atoms with Gasteiger partial charge in [-0.25, -0.2) is 0 Å². The minimum atomic E-state index is 0.211. The van der Waals surface area contributed by atoms with E-state index in [0.29, 0.717) is 0 Å². The first-order valence-electron chi connectivity index (χ1n) is 5.87. The molecule has 2 rings (SSSR count). The van der Waals surface area contributed by atoms with E-state index in [1.165, 1.54) is 29.6 Å². The average molecular weight is 200 g/mol. The lowest BCUT2D eigenvalue weighted by atomic mass is 9.80. The van der Waals surface area contributed by atoms with Crippen molar-refractivity contribution in [2.75, 3.05) is 0 Å². The minimum Gasteiger partial charge on any atom is -0.0839 e. The van der Waals surface area contributed by atoms with Crippen LogP contribution in [0.2, 0.25) is 0 Å². The van der Waals surface area contributed by atoms with Gasteiger partial charge in [-0.1, -0.05) is 38.2 Å². The van der Waals surface area contributed by atoms with Gasteiger partial charge in [-0.05, 0) is 49.0 Å². The Labute approximate surface area is 93.1 Å². The van der Waals surface area contributed by atoms with Crippen LogP contribution in [0.4, 0.5) is 0 Å². The third-order valence-corrected chi connectivity index (χ3v) is 3.71. The molecule has 0 fully saturated rings. The summed E-state index contributed by atoms with van der Waals surface area (Å²) < 4.78 is 0. The first-order valence-corrected chi connectivity index (χ1v) is 5.87. The summed E-state index contributed by atoms with van der Waals surface area (Å²) in [5.41, 5.74) is 6.32. The van der Waals surface area contributed by atoms with E-state index >= 15 is 0 Å². The molecular formula is C15H20. The first-order chi connectivity index (χ1) is 7.12. The SMILES string of the molecule is CC=C1C(=CC)C(C)(C)C2=C1CCC=C2. The molecule has 2 aliphatic rings. The van der Waals surface area contributed by atoms with Gasteiger partial charge >= 0.3 is 0 Å². The Bertz CT molecular complexity index is 398. The molecular weight excluding hydrogens is 180 g/mol. The van der Waals surface area contributed by atoms with Crippen molar-refractivity contribution in [2.24, 2.45) is 5.41 Å². The molecule has 0 nitrogen and oxygen atoms in total. The smallest absolute Gasteiger partial charge is 0.0152 e. The molecule has 0 saturated carbocycles. The molecule has 0 bridgehead atoms. The molecule has 0 spiro atoms. The lowest BCUT2D eigenvalue weighted by molar-refractivity contribution is 0.574. The van der Waals surface area contributed by atoms with Crippen molar-refractivity contribution in [1.29, 1.82) is 0 Å². The highest BCUT2D eigenvalue weighted by Gasteiger charge is 2.38. The quantitative estimate of drug-likeness (QED) is 0.537.